The molecule has 0 saturated carbocycles. The number of fused-ring (bicyclic) bond motifs is 1. The maximum atomic E-state index is 12.0. The van der Waals surface area contributed by atoms with Gasteiger partial charge in [0.15, 0.2) is 0 Å². The van der Waals surface area contributed by atoms with E-state index in [0.29, 0.717) is 12.1 Å². The van der Waals surface area contributed by atoms with E-state index in [1.165, 1.54) is 0 Å². The lowest BCUT2D eigenvalue weighted by Crippen LogP contribution is -2.25. The predicted octanol–water partition coefficient (Wildman–Crippen LogP) is 3.62. The van der Waals surface area contributed by atoms with Crippen molar-refractivity contribution in [2.45, 2.75) is 13.0 Å². The summed E-state index contributed by atoms with van der Waals surface area (Å²) in [5, 5.41) is 4.08. The molecule has 112 valence electrons. The number of halogens is 1. The average Bonchev–Trinajstić information content (AvgIpc) is 2.95. The summed E-state index contributed by atoms with van der Waals surface area (Å²) in [5.41, 5.74) is 1.66. The zero-order valence-corrected chi connectivity index (χ0v) is 13.6. The standard InChI is InChI=1S/C17H16BrN3O/c18-15-6-1-4-14(12-15)17(22)20-9-3-10-21-11-7-13-5-2-8-19-16(13)21/h1-2,4-8,11-12H,3,9-10H2,(H,20,22). The molecule has 0 saturated heterocycles. The number of nitrogens with one attached hydrogen (secondary N) is 1. The van der Waals surface area contributed by atoms with Gasteiger partial charge >= 0.3 is 0 Å². The van der Waals surface area contributed by atoms with Crippen LogP contribution >= 0.6 is 15.9 Å². The molecule has 1 N–H and O–H groups in total. The SMILES string of the molecule is O=C(NCCCn1ccc2cccnc21)c1cccc(Br)c1. The Morgan fingerprint density at radius 1 is 1.23 bits per heavy atom. The first-order chi connectivity index (χ1) is 10.7. The third kappa shape index (κ3) is 3.36. The highest BCUT2D eigenvalue weighted by molar-refractivity contribution is 9.10. The molecular formula is C17H16BrN3O. The second kappa shape index (κ2) is 6.75. The molecule has 5 heteroatoms. The van der Waals surface area contributed by atoms with Gasteiger partial charge in [-0.25, -0.2) is 4.98 Å². The number of aromatic nitrogens is 2. The average molecular weight is 358 g/mol. The highest BCUT2D eigenvalue weighted by Gasteiger charge is 2.05. The van der Waals surface area contributed by atoms with Crippen LogP contribution in [0.3, 0.4) is 0 Å². The van der Waals surface area contributed by atoms with Crippen molar-refractivity contribution in [1.29, 1.82) is 0 Å². The Kier molecular flexibility index (Phi) is 4.53. The van der Waals surface area contributed by atoms with E-state index < -0.39 is 0 Å². The Bertz CT molecular complexity index is 797. The minimum absolute atomic E-state index is 0.0446. The molecule has 4 nitrogen and oxygen atoms in total. The van der Waals surface area contributed by atoms with Gasteiger partial charge in [-0.05, 0) is 42.8 Å². The number of carbonyl (C=O) groups is 1. The minimum Gasteiger partial charge on any atom is -0.352 e. The summed E-state index contributed by atoms with van der Waals surface area (Å²) in [6.45, 7) is 1.47. The Labute approximate surface area is 137 Å². The fourth-order valence-corrected chi connectivity index (χ4v) is 2.78. The lowest BCUT2D eigenvalue weighted by Gasteiger charge is -2.07. The summed E-state index contributed by atoms with van der Waals surface area (Å²) >= 11 is 3.37. The fourth-order valence-electron chi connectivity index (χ4n) is 2.38. The molecule has 2 heterocycles. The highest BCUT2D eigenvalue weighted by atomic mass is 79.9. The normalized spacial score (nSPS) is 10.8. The quantitative estimate of drug-likeness (QED) is 0.708. The van der Waals surface area contributed by atoms with Crippen LogP contribution in [-0.4, -0.2) is 22.0 Å². The molecule has 0 aliphatic carbocycles. The largest absolute Gasteiger partial charge is 0.352 e. The van der Waals surface area contributed by atoms with Crippen LogP contribution in [0, 0.1) is 0 Å². The molecule has 22 heavy (non-hydrogen) atoms. The first kappa shape index (κ1) is 14.8. The Morgan fingerprint density at radius 2 is 2.14 bits per heavy atom. The Balaban J connectivity index is 1.52. The lowest BCUT2D eigenvalue weighted by atomic mass is 10.2. The van der Waals surface area contributed by atoms with Crippen molar-refractivity contribution in [3.63, 3.8) is 0 Å². The van der Waals surface area contributed by atoms with Crippen LogP contribution in [0.5, 0.6) is 0 Å². The van der Waals surface area contributed by atoms with Gasteiger partial charge in [-0.1, -0.05) is 22.0 Å². The molecule has 3 rings (SSSR count). The second-order valence-corrected chi connectivity index (χ2v) is 5.96. The monoisotopic (exact) mass is 357 g/mol. The third-order valence-electron chi connectivity index (χ3n) is 3.47. The Hall–Kier alpha value is -2.14. The number of nitrogens with zero attached hydrogens (tertiary/aromatic N) is 2. The molecule has 0 atom stereocenters. The van der Waals surface area contributed by atoms with Crippen molar-refractivity contribution >= 4 is 32.9 Å². The van der Waals surface area contributed by atoms with E-state index in [4.69, 9.17) is 0 Å². The van der Waals surface area contributed by atoms with Gasteiger partial charge in [0.2, 0.25) is 0 Å². The number of pyridine rings is 1. The molecule has 1 aromatic carbocycles. The topological polar surface area (TPSA) is 46.9 Å². The molecule has 0 unspecified atom stereocenters. The zero-order chi connectivity index (χ0) is 15.4. The number of benzene rings is 1. The first-order valence-electron chi connectivity index (χ1n) is 7.18. The van der Waals surface area contributed by atoms with Crippen LogP contribution in [0.15, 0.2) is 59.3 Å². The van der Waals surface area contributed by atoms with Crippen molar-refractivity contribution in [3.8, 4) is 0 Å². The lowest BCUT2D eigenvalue weighted by molar-refractivity contribution is 0.0952. The Morgan fingerprint density at radius 3 is 3.00 bits per heavy atom. The molecule has 2 aromatic heterocycles. The molecule has 0 aliphatic heterocycles. The predicted molar refractivity (Wildman–Crippen MR) is 90.8 cm³/mol. The van der Waals surface area contributed by atoms with Crippen molar-refractivity contribution in [2.24, 2.45) is 0 Å². The highest BCUT2D eigenvalue weighted by Crippen LogP contribution is 2.13. The van der Waals surface area contributed by atoms with Crippen molar-refractivity contribution < 1.29 is 4.79 Å². The number of carbonyl (C=O) groups excluding carboxylic acids is 1. The zero-order valence-electron chi connectivity index (χ0n) is 12.0. The number of hydrogen-bond acceptors (Lipinski definition) is 2. The van der Waals surface area contributed by atoms with E-state index in [9.17, 15) is 4.79 Å². The van der Waals surface area contributed by atoms with Gasteiger partial charge in [-0.2, -0.15) is 0 Å². The van der Waals surface area contributed by atoms with E-state index in [2.05, 4.69) is 36.9 Å². The van der Waals surface area contributed by atoms with Crippen LogP contribution < -0.4 is 5.32 Å². The molecule has 0 bridgehead atoms. The summed E-state index contributed by atoms with van der Waals surface area (Å²) in [5.74, 6) is -0.0446. The van der Waals surface area contributed by atoms with E-state index in [0.717, 1.165) is 28.5 Å². The van der Waals surface area contributed by atoms with Gasteiger partial charge in [0.25, 0.3) is 5.91 Å². The van der Waals surface area contributed by atoms with Gasteiger partial charge < -0.3 is 9.88 Å². The van der Waals surface area contributed by atoms with Crippen molar-refractivity contribution in [2.75, 3.05) is 6.54 Å². The molecule has 0 aliphatic rings. The summed E-state index contributed by atoms with van der Waals surface area (Å²) < 4.78 is 3.02. The third-order valence-corrected chi connectivity index (χ3v) is 3.96. The van der Waals surface area contributed by atoms with E-state index in [-0.39, 0.29) is 5.91 Å². The number of amides is 1. The number of aryl methyl sites for hydroxylation is 1. The van der Waals surface area contributed by atoms with E-state index in [1.54, 1.807) is 6.20 Å². The van der Waals surface area contributed by atoms with E-state index in [1.807, 2.05) is 42.6 Å². The van der Waals surface area contributed by atoms with Crippen LogP contribution in [-0.2, 0) is 6.54 Å². The summed E-state index contributed by atoms with van der Waals surface area (Å²) in [4.78, 5) is 16.4. The van der Waals surface area contributed by atoms with Crippen LogP contribution in [0.25, 0.3) is 11.0 Å². The molecule has 0 fully saturated rings. The summed E-state index contributed by atoms with van der Waals surface area (Å²) in [7, 11) is 0. The first-order valence-corrected chi connectivity index (χ1v) is 7.97. The van der Waals surface area contributed by atoms with Gasteiger partial charge in [0, 0.05) is 40.9 Å². The minimum atomic E-state index is -0.0446. The van der Waals surface area contributed by atoms with Crippen molar-refractivity contribution in [3.05, 3.63) is 64.9 Å². The molecule has 1 amide bonds. The van der Waals surface area contributed by atoms with Crippen LogP contribution in [0.2, 0.25) is 0 Å². The maximum absolute atomic E-state index is 12.0. The number of rotatable bonds is 5. The summed E-state index contributed by atoms with van der Waals surface area (Å²) in [6.07, 6.45) is 4.70. The van der Waals surface area contributed by atoms with Gasteiger partial charge in [-0.3, -0.25) is 4.79 Å². The molecule has 3 aromatic rings. The maximum Gasteiger partial charge on any atom is 0.251 e. The van der Waals surface area contributed by atoms with Crippen LogP contribution in [0.4, 0.5) is 0 Å². The molecular weight excluding hydrogens is 342 g/mol. The van der Waals surface area contributed by atoms with Gasteiger partial charge in [-0.15, -0.1) is 0 Å². The van der Waals surface area contributed by atoms with Gasteiger partial charge in [0.1, 0.15) is 5.65 Å². The van der Waals surface area contributed by atoms with Crippen LogP contribution in [0.1, 0.15) is 16.8 Å². The smallest absolute Gasteiger partial charge is 0.251 e. The molecule has 0 radical (unpaired) electrons. The molecule has 0 spiro atoms. The summed E-state index contributed by atoms with van der Waals surface area (Å²) in [6, 6.07) is 13.4. The number of hydrogen-bond donors (Lipinski definition) is 1. The fraction of sp³-hybridized carbons (Fsp3) is 0.176. The van der Waals surface area contributed by atoms with Gasteiger partial charge in [0.05, 0.1) is 0 Å². The van der Waals surface area contributed by atoms with Crippen molar-refractivity contribution in [1.82, 2.24) is 14.9 Å². The van der Waals surface area contributed by atoms with E-state index >= 15 is 0 Å². The second-order valence-electron chi connectivity index (χ2n) is 5.05.